The van der Waals surface area contributed by atoms with Crippen LogP contribution in [0, 0.1) is 0 Å². The van der Waals surface area contributed by atoms with Gasteiger partial charge in [0.15, 0.2) is 11.9 Å². The minimum absolute atomic E-state index is 0.334. The Kier molecular flexibility index (Phi) is 1.36. The fraction of sp³-hybridized carbons (Fsp3) is 0.143. The monoisotopic (exact) mass is 162 g/mol. The van der Waals surface area contributed by atoms with Gasteiger partial charge in [-0.2, -0.15) is 0 Å². The standard InChI is InChI=1S/C7H6N4O/c1-11-4-10-6-5(2-12)8-3-9-7(6)11/h2-4H,1H3. The van der Waals surface area contributed by atoms with Gasteiger partial charge in [-0.25, -0.2) is 15.0 Å². The number of aromatic nitrogens is 4. The highest BCUT2D eigenvalue weighted by atomic mass is 16.1. The zero-order valence-electron chi connectivity index (χ0n) is 6.43. The molecule has 2 aromatic rings. The fourth-order valence-corrected chi connectivity index (χ4v) is 1.05. The number of aldehydes is 1. The first-order valence-corrected chi connectivity index (χ1v) is 3.40. The first-order valence-electron chi connectivity index (χ1n) is 3.40. The molecule has 2 rings (SSSR count). The van der Waals surface area contributed by atoms with Crippen molar-refractivity contribution >= 4 is 17.5 Å². The third-order valence-electron chi connectivity index (χ3n) is 1.64. The van der Waals surface area contributed by atoms with Gasteiger partial charge in [0.1, 0.15) is 17.5 Å². The lowest BCUT2D eigenvalue weighted by molar-refractivity contribution is 0.112. The van der Waals surface area contributed by atoms with Gasteiger partial charge in [-0.15, -0.1) is 0 Å². The maximum atomic E-state index is 10.5. The maximum Gasteiger partial charge on any atom is 0.170 e. The van der Waals surface area contributed by atoms with Crippen molar-refractivity contribution in [2.24, 2.45) is 7.05 Å². The summed E-state index contributed by atoms with van der Waals surface area (Å²) in [5.41, 5.74) is 1.56. The molecule has 0 spiro atoms. The molecule has 0 unspecified atom stereocenters. The Labute approximate surface area is 68.1 Å². The molecule has 0 fully saturated rings. The molecule has 5 heteroatoms. The fourth-order valence-electron chi connectivity index (χ4n) is 1.05. The van der Waals surface area contributed by atoms with E-state index in [1.165, 1.54) is 6.33 Å². The Bertz CT molecular complexity index is 434. The van der Waals surface area contributed by atoms with Crippen LogP contribution in [0.25, 0.3) is 11.2 Å². The average Bonchev–Trinajstić information content (AvgIpc) is 2.48. The van der Waals surface area contributed by atoms with Crippen LogP contribution in [0.1, 0.15) is 10.5 Å². The van der Waals surface area contributed by atoms with Gasteiger partial charge >= 0.3 is 0 Å². The molecular weight excluding hydrogens is 156 g/mol. The highest BCUT2D eigenvalue weighted by molar-refractivity contribution is 5.89. The highest BCUT2D eigenvalue weighted by Crippen LogP contribution is 2.08. The van der Waals surface area contributed by atoms with E-state index in [1.807, 2.05) is 7.05 Å². The second-order valence-corrected chi connectivity index (χ2v) is 2.40. The number of nitrogens with zero attached hydrogens (tertiary/aromatic N) is 4. The largest absolute Gasteiger partial charge is 0.318 e. The van der Waals surface area contributed by atoms with Crippen LogP contribution in [0.15, 0.2) is 12.7 Å². The summed E-state index contributed by atoms with van der Waals surface area (Å²) in [7, 11) is 1.82. The van der Waals surface area contributed by atoms with Crippen LogP contribution < -0.4 is 0 Å². The zero-order valence-corrected chi connectivity index (χ0v) is 6.43. The number of rotatable bonds is 1. The van der Waals surface area contributed by atoms with E-state index >= 15 is 0 Å². The maximum absolute atomic E-state index is 10.5. The van der Waals surface area contributed by atoms with E-state index in [4.69, 9.17) is 0 Å². The third kappa shape index (κ3) is 0.795. The molecule has 0 saturated carbocycles. The second kappa shape index (κ2) is 2.37. The van der Waals surface area contributed by atoms with Crippen molar-refractivity contribution in [3.8, 4) is 0 Å². The number of carbonyl (C=O) groups is 1. The van der Waals surface area contributed by atoms with Crippen molar-refractivity contribution in [1.82, 2.24) is 19.5 Å². The van der Waals surface area contributed by atoms with Gasteiger partial charge in [0, 0.05) is 7.05 Å². The predicted molar refractivity (Wildman–Crippen MR) is 41.7 cm³/mol. The Hall–Kier alpha value is -1.78. The van der Waals surface area contributed by atoms with Gasteiger partial charge in [0.25, 0.3) is 0 Å². The quantitative estimate of drug-likeness (QED) is 0.561. The van der Waals surface area contributed by atoms with Crippen LogP contribution in [-0.2, 0) is 7.05 Å². The molecule has 0 bridgehead atoms. The molecule has 0 N–H and O–H groups in total. The summed E-state index contributed by atoms with van der Waals surface area (Å²) >= 11 is 0. The van der Waals surface area contributed by atoms with E-state index < -0.39 is 0 Å². The topological polar surface area (TPSA) is 60.7 Å². The van der Waals surface area contributed by atoms with E-state index in [1.54, 1.807) is 10.9 Å². The number of hydrogen-bond donors (Lipinski definition) is 0. The van der Waals surface area contributed by atoms with Crippen LogP contribution in [0.4, 0.5) is 0 Å². The van der Waals surface area contributed by atoms with Gasteiger partial charge in [0.05, 0.1) is 6.33 Å². The van der Waals surface area contributed by atoms with Crippen molar-refractivity contribution in [3.05, 3.63) is 18.3 Å². The molecule has 60 valence electrons. The van der Waals surface area contributed by atoms with Crippen molar-refractivity contribution < 1.29 is 4.79 Å². The number of carbonyl (C=O) groups excluding carboxylic acids is 1. The van der Waals surface area contributed by atoms with E-state index in [-0.39, 0.29) is 0 Å². The van der Waals surface area contributed by atoms with Crippen molar-refractivity contribution in [3.63, 3.8) is 0 Å². The molecule has 2 aromatic heterocycles. The number of aryl methyl sites for hydroxylation is 1. The Morgan fingerprint density at radius 2 is 2.25 bits per heavy atom. The highest BCUT2D eigenvalue weighted by Gasteiger charge is 2.05. The predicted octanol–water partition coefficient (Wildman–Crippen LogP) is 0.176. The van der Waals surface area contributed by atoms with Gasteiger partial charge in [0.2, 0.25) is 0 Å². The molecule has 0 atom stereocenters. The Balaban J connectivity index is 2.89. The summed E-state index contributed by atoms with van der Waals surface area (Å²) < 4.78 is 1.74. The number of fused-ring (bicyclic) bond motifs is 1. The normalized spacial score (nSPS) is 10.4. The van der Waals surface area contributed by atoms with Gasteiger partial charge in [-0.1, -0.05) is 0 Å². The van der Waals surface area contributed by atoms with Crippen LogP contribution in [0.3, 0.4) is 0 Å². The Morgan fingerprint density at radius 1 is 1.42 bits per heavy atom. The molecule has 0 aliphatic rings. The summed E-state index contributed by atoms with van der Waals surface area (Å²) in [5, 5.41) is 0. The summed E-state index contributed by atoms with van der Waals surface area (Å²) in [6.07, 6.45) is 3.64. The van der Waals surface area contributed by atoms with E-state index in [0.717, 1.165) is 0 Å². The summed E-state index contributed by atoms with van der Waals surface area (Å²) in [6.45, 7) is 0. The van der Waals surface area contributed by atoms with Crippen molar-refractivity contribution in [2.45, 2.75) is 0 Å². The molecule has 5 nitrogen and oxygen atoms in total. The molecule has 0 amide bonds. The lowest BCUT2D eigenvalue weighted by Gasteiger charge is -1.92. The van der Waals surface area contributed by atoms with Crippen LogP contribution in [0.2, 0.25) is 0 Å². The minimum Gasteiger partial charge on any atom is -0.318 e. The molecule has 0 aliphatic carbocycles. The number of hydrogen-bond acceptors (Lipinski definition) is 4. The van der Waals surface area contributed by atoms with Crippen LogP contribution in [-0.4, -0.2) is 25.8 Å². The van der Waals surface area contributed by atoms with Gasteiger partial charge in [-0.05, 0) is 0 Å². The summed E-state index contributed by atoms with van der Waals surface area (Å²) in [6, 6.07) is 0. The van der Waals surface area contributed by atoms with E-state index in [9.17, 15) is 4.79 Å². The van der Waals surface area contributed by atoms with E-state index in [0.29, 0.717) is 23.1 Å². The minimum atomic E-state index is 0.334. The molecular formula is C7H6N4O. The molecule has 0 radical (unpaired) electrons. The van der Waals surface area contributed by atoms with Crippen molar-refractivity contribution in [2.75, 3.05) is 0 Å². The van der Waals surface area contributed by atoms with Gasteiger partial charge in [-0.3, -0.25) is 4.79 Å². The molecule has 12 heavy (non-hydrogen) atoms. The summed E-state index contributed by atoms with van der Waals surface area (Å²) in [5.74, 6) is 0. The third-order valence-corrected chi connectivity index (χ3v) is 1.64. The Morgan fingerprint density at radius 3 is 3.00 bits per heavy atom. The molecule has 2 heterocycles. The molecule has 0 aromatic carbocycles. The van der Waals surface area contributed by atoms with Crippen LogP contribution in [0.5, 0.6) is 0 Å². The SMILES string of the molecule is Cn1cnc2c(C=O)ncnc21. The van der Waals surface area contributed by atoms with Gasteiger partial charge < -0.3 is 4.57 Å². The average molecular weight is 162 g/mol. The van der Waals surface area contributed by atoms with E-state index in [2.05, 4.69) is 15.0 Å². The lowest BCUT2D eigenvalue weighted by Crippen LogP contribution is -1.93. The molecule has 0 aliphatic heterocycles. The first-order chi connectivity index (χ1) is 5.83. The summed E-state index contributed by atoms with van der Waals surface area (Å²) in [4.78, 5) is 22.2. The second-order valence-electron chi connectivity index (χ2n) is 2.40. The van der Waals surface area contributed by atoms with Crippen molar-refractivity contribution in [1.29, 1.82) is 0 Å². The smallest absolute Gasteiger partial charge is 0.170 e. The zero-order chi connectivity index (χ0) is 8.55. The molecule has 0 saturated heterocycles. The first kappa shape index (κ1) is 6.90. The van der Waals surface area contributed by atoms with Crippen LogP contribution >= 0.6 is 0 Å². The number of imidazole rings is 1. The lowest BCUT2D eigenvalue weighted by atomic mass is 10.4.